The number of carbonyl (C=O) groups is 2. The molecule has 0 aliphatic carbocycles. The van der Waals surface area contributed by atoms with Gasteiger partial charge in [-0.25, -0.2) is 4.79 Å². The van der Waals surface area contributed by atoms with Gasteiger partial charge < -0.3 is 5.11 Å². The summed E-state index contributed by atoms with van der Waals surface area (Å²) in [6.07, 6.45) is 1.68. The van der Waals surface area contributed by atoms with Gasteiger partial charge in [0.25, 0.3) is 0 Å². The van der Waals surface area contributed by atoms with Crippen molar-refractivity contribution in [3.8, 4) is 0 Å². The Labute approximate surface area is 56.9 Å². The average Bonchev–Trinajstić information content (AvgIpc) is 1.83. The van der Waals surface area contributed by atoms with Crippen LogP contribution in [0.5, 0.6) is 0 Å². The van der Waals surface area contributed by atoms with E-state index in [9.17, 15) is 9.59 Å². The minimum absolute atomic E-state index is 0.177. The Hall–Kier alpha value is -0.830. The lowest BCUT2D eigenvalue weighted by Crippen LogP contribution is -1.95. The van der Waals surface area contributed by atoms with E-state index in [0.717, 1.165) is 12.2 Å². The number of rotatable bonds is 3. The topological polar surface area (TPSA) is 54.4 Å². The smallest absolute Gasteiger partial charge is 0.328 e. The van der Waals surface area contributed by atoms with Crippen LogP contribution in [-0.4, -0.2) is 22.7 Å². The lowest BCUT2D eigenvalue weighted by molar-refractivity contribution is -0.131. The quantitative estimate of drug-likeness (QED) is 0.467. The predicted octanol–water partition coefficient (Wildman–Crippen LogP) is 0.435. The molecule has 0 unspecified atom stereocenters. The summed E-state index contributed by atoms with van der Waals surface area (Å²) >= 11 is 5.04. The summed E-state index contributed by atoms with van der Waals surface area (Å²) in [7, 11) is 0. The van der Waals surface area contributed by atoms with Crippen molar-refractivity contribution in [3.63, 3.8) is 0 Å². The summed E-state index contributed by atoms with van der Waals surface area (Å²) in [4.78, 5) is 20.0. The molecule has 0 saturated carbocycles. The van der Waals surface area contributed by atoms with E-state index in [1.165, 1.54) is 0 Å². The summed E-state index contributed by atoms with van der Waals surface area (Å²) in [5, 5.41) is 7.98. The molecule has 0 aliphatic rings. The number of ketones is 1. The van der Waals surface area contributed by atoms with E-state index in [0.29, 0.717) is 0 Å². The van der Waals surface area contributed by atoms with Crippen LogP contribution in [0.4, 0.5) is 0 Å². The molecular formula is C5H5ClO3. The molecule has 9 heavy (non-hydrogen) atoms. The van der Waals surface area contributed by atoms with Crippen LogP contribution < -0.4 is 0 Å². The highest BCUT2D eigenvalue weighted by Crippen LogP contribution is 1.81. The third-order valence-corrected chi connectivity index (χ3v) is 0.807. The second kappa shape index (κ2) is 4.09. The molecule has 0 saturated heterocycles. The zero-order chi connectivity index (χ0) is 7.28. The summed E-state index contributed by atoms with van der Waals surface area (Å²) < 4.78 is 0. The van der Waals surface area contributed by atoms with Gasteiger partial charge in [0.2, 0.25) is 0 Å². The first kappa shape index (κ1) is 8.17. The second-order valence-corrected chi connectivity index (χ2v) is 1.54. The van der Waals surface area contributed by atoms with E-state index in [1.54, 1.807) is 0 Å². The van der Waals surface area contributed by atoms with Crippen LogP contribution in [0.25, 0.3) is 0 Å². The fraction of sp³-hybridized carbons (Fsp3) is 0.200. The Bertz CT molecular complexity index is 150. The largest absolute Gasteiger partial charge is 0.478 e. The summed E-state index contributed by atoms with van der Waals surface area (Å²) in [6, 6.07) is 0. The molecule has 0 rings (SSSR count). The van der Waals surface area contributed by atoms with E-state index >= 15 is 0 Å². The van der Waals surface area contributed by atoms with Crippen molar-refractivity contribution < 1.29 is 14.7 Å². The normalized spacial score (nSPS) is 9.89. The highest BCUT2D eigenvalue weighted by Gasteiger charge is 1.92. The van der Waals surface area contributed by atoms with Crippen molar-refractivity contribution in [2.75, 3.05) is 5.88 Å². The Kier molecular flexibility index (Phi) is 3.71. The van der Waals surface area contributed by atoms with Gasteiger partial charge in [0.1, 0.15) is 0 Å². The first-order valence-corrected chi connectivity index (χ1v) is 2.70. The van der Waals surface area contributed by atoms with Gasteiger partial charge in [-0.05, 0) is 6.08 Å². The third-order valence-electron chi connectivity index (χ3n) is 0.544. The summed E-state index contributed by atoms with van der Waals surface area (Å²) in [6.45, 7) is 0. The highest BCUT2D eigenvalue weighted by atomic mass is 35.5. The van der Waals surface area contributed by atoms with Crippen molar-refractivity contribution in [1.29, 1.82) is 0 Å². The number of alkyl halides is 1. The number of carbonyl (C=O) groups excluding carboxylic acids is 1. The molecule has 0 aromatic heterocycles. The Balaban J connectivity index is 3.71. The molecule has 1 N–H and O–H groups in total. The molecule has 0 aromatic rings. The molecule has 0 fully saturated rings. The molecule has 0 amide bonds. The summed E-state index contributed by atoms with van der Waals surface area (Å²) in [5.41, 5.74) is 0. The lowest BCUT2D eigenvalue weighted by atomic mass is 10.4. The molecule has 0 bridgehead atoms. The predicted molar refractivity (Wildman–Crippen MR) is 32.5 cm³/mol. The molecule has 0 spiro atoms. The number of aliphatic carboxylic acids is 1. The van der Waals surface area contributed by atoms with Crippen molar-refractivity contribution in [2.45, 2.75) is 0 Å². The van der Waals surface area contributed by atoms with Crippen molar-refractivity contribution in [3.05, 3.63) is 12.2 Å². The van der Waals surface area contributed by atoms with Gasteiger partial charge >= 0.3 is 5.97 Å². The molecular weight excluding hydrogens is 144 g/mol. The molecule has 0 aromatic carbocycles. The maximum atomic E-state index is 10.2. The monoisotopic (exact) mass is 148 g/mol. The maximum absolute atomic E-state index is 10.2. The summed E-state index contributed by atoms with van der Waals surface area (Å²) in [5.74, 6) is -1.73. The van der Waals surface area contributed by atoms with Gasteiger partial charge in [0.05, 0.1) is 5.88 Å². The van der Waals surface area contributed by atoms with Crippen LogP contribution in [0, 0.1) is 0 Å². The number of halogens is 1. The van der Waals surface area contributed by atoms with E-state index < -0.39 is 11.8 Å². The lowest BCUT2D eigenvalue weighted by Gasteiger charge is -1.79. The minimum Gasteiger partial charge on any atom is -0.478 e. The Morgan fingerprint density at radius 3 is 2.33 bits per heavy atom. The molecule has 0 atom stereocenters. The van der Waals surface area contributed by atoms with Crippen LogP contribution in [0.15, 0.2) is 12.2 Å². The van der Waals surface area contributed by atoms with Crippen LogP contribution in [-0.2, 0) is 9.59 Å². The molecule has 0 radical (unpaired) electrons. The molecule has 3 nitrogen and oxygen atoms in total. The van der Waals surface area contributed by atoms with Gasteiger partial charge in [-0.2, -0.15) is 0 Å². The van der Waals surface area contributed by atoms with E-state index in [2.05, 4.69) is 0 Å². The van der Waals surface area contributed by atoms with E-state index in [-0.39, 0.29) is 5.88 Å². The second-order valence-electron chi connectivity index (χ2n) is 1.27. The van der Waals surface area contributed by atoms with Crippen LogP contribution in [0.2, 0.25) is 0 Å². The van der Waals surface area contributed by atoms with E-state index in [4.69, 9.17) is 16.7 Å². The number of allylic oxidation sites excluding steroid dienone is 1. The van der Waals surface area contributed by atoms with Crippen molar-refractivity contribution in [2.24, 2.45) is 0 Å². The number of hydrogen-bond acceptors (Lipinski definition) is 2. The van der Waals surface area contributed by atoms with Gasteiger partial charge in [-0.3, -0.25) is 4.79 Å². The number of carboxylic acids is 1. The van der Waals surface area contributed by atoms with Gasteiger partial charge in [-0.1, -0.05) is 0 Å². The first-order chi connectivity index (χ1) is 4.16. The first-order valence-electron chi connectivity index (χ1n) is 2.16. The van der Waals surface area contributed by atoms with Crippen LogP contribution in [0.3, 0.4) is 0 Å². The number of hydrogen-bond donors (Lipinski definition) is 1. The molecule has 0 heterocycles. The highest BCUT2D eigenvalue weighted by molar-refractivity contribution is 6.29. The van der Waals surface area contributed by atoms with Crippen molar-refractivity contribution in [1.82, 2.24) is 0 Å². The molecule has 0 aliphatic heterocycles. The van der Waals surface area contributed by atoms with Crippen molar-refractivity contribution >= 4 is 23.4 Å². The molecule has 4 heteroatoms. The zero-order valence-corrected chi connectivity index (χ0v) is 5.26. The van der Waals surface area contributed by atoms with Gasteiger partial charge in [-0.15, -0.1) is 11.6 Å². The van der Waals surface area contributed by atoms with Gasteiger partial charge in [0, 0.05) is 6.08 Å². The zero-order valence-electron chi connectivity index (χ0n) is 4.50. The van der Waals surface area contributed by atoms with Crippen LogP contribution in [0.1, 0.15) is 0 Å². The van der Waals surface area contributed by atoms with Gasteiger partial charge in [0.15, 0.2) is 5.78 Å². The SMILES string of the molecule is O=C(O)/C=C/C(=O)CCl. The average molecular weight is 149 g/mol. The Morgan fingerprint density at radius 1 is 1.44 bits per heavy atom. The fourth-order valence-electron chi connectivity index (χ4n) is 0.209. The maximum Gasteiger partial charge on any atom is 0.328 e. The third kappa shape index (κ3) is 5.03. The number of carboxylic acid groups (broad SMARTS) is 1. The molecule has 50 valence electrons. The fourth-order valence-corrected chi connectivity index (χ4v) is 0.298. The standard InChI is InChI=1S/C5H5ClO3/c6-3-4(7)1-2-5(8)9/h1-2H,3H2,(H,8,9)/b2-1+. The Morgan fingerprint density at radius 2 is 2.00 bits per heavy atom. The minimum atomic E-state index is -1.14. The van der Waals surface area contributed by atoms with Crippen LogP contribution >= 0.6 is 11.6 Å². The van der Waals surface area contributed by atoms with E-state index in [1.807, 2.05) is 0 Å².